The first-order valence-corrected chi connectivity index (χ1v) is 4.85. The van der Waals surface area contributed by atoms with Crippen LogP contribution in [0, 0.1) is 5.92 Å². The van der Waals surface area contributed by atoms with Crippen LogP contribution in [0.15, 0.2) is 25.3 Å². The summed E-state index contributed by atoms with van der Waals surface area (Å²) in [6.07, 6.45) is 2.64. The molecule has 0 bridgehead atoms. The van der Waals surface area contributed by atoms with Crippen LogP contribution >= 0.6 is 0 Å². The van der Waals surface area contributed by atoms with E-state index in [0.29, 0.717) is 12.3 Å². The van der Waals surface area contributed by atoms with Gasteiger partial charge in [0.25, 0.3) is 0 Å². The van der Waals surface area contributed by atoms with Gasteiger partial charge in [-0.05, 0) is 24.5 Å². The van der Waals surface area contributed by atoms with E-state index in [9.17, 15) is 9.59 Å². The standard InChI is InChI=1S/C11H18N2O2/c1-5-10(14)12-9(7-8(3)4)13-11(15)6-2/h5-6,8-9H,1-2,7H2,3-4H3,(H,12,14)(H,13,15). The van der Waals surface area contributed by atoms with Crippen LogP contribution in [0.4, 0.5) is 0 Å². The van der Waals surface area contributed by atoms with E-state index in [1.165, 1.54) is 12.2 Å². The third kappa shape index (κ3) is 6.49. The second-order valence-corrected chi connectivity index (χ2v) is 3.61. The van der Waals surface area contributed by atoms with Gasteiger partial charge in [0.2, 0.25) is 11.8 Å². The molecule has 0 radical (unpaired) electrons. The average molecular weight is 210 g/mol. The Morgan fingerprint density at radius 1 is 1.13 bits per heavy atom. The molecule has 15 heavy (non-hydrogen) atoms. The monoisotopic (exact) mass is 210 g/mol. The van der Waals surface area contributed by atoms with Gasteiger partial charge in [-0.25, -0.2) is 0 Å². The first-order chi connectivity index (χ1) is 6.99. The number of rotatable bonds is 6. The van der Waals surface area contributed by atoms with Crippen molar-refractivity contribution >= 4 is 11.8 Å². The lowest BCUT2D eigenvalue weighted by atomic mass is 10.1. The fraction of sp³-hybridized carbons (Fsp3) is 0.455. The van der Waals surface area contributed by atoms with Crippen molar-refractivity contribution in [2.45, 2.75) is 26.4 Å². The molecule has 0 aliphatic heterocycles. The number of amides is 2. The Kier molecular flexibility index (Phi) is 6.09. The van der Waals surface area contributed by atoms with Crippen molar-refractivity contribution in [2.24, 2.45) is 5.92 Å². The van der Waals surface area contributed by atoms with E-state index < -0.39 is 0 Å². The van der Waals surface area contributed by atoms with Crippen LogP contribution in [0.25, 0.3) is 0 Å². The van der Waals surface area contributed by atoms with Gasteiger partial charge in [0.1, 0.15) is 6.17 Å². The summed E-state index contributed by atoms with van der Waals surface area (Å²) in [4.78, 5) is 22.1. The van der Waals surface area contributed by atoms with Crippen molar-refractivity contribution in [1.82, 2.24) is 10.6 Å². The molecule has 0 aliphatic rings. The lowest BCUT2D eigenvalue weighted by Gasteiger charge is -2.20. The van der Waals surface area contributed by atoms with Gasteiger partial charge in [-0.1, -0.05) is 27.0 Å². The molecule has 0 saturated heterocycles. The zero-order valence-corrected chi connectivity index (χ0v) is 9.25. The third-order valence-electron chi connectivity index (χ3n) is 1.71. The van der Waals surface area contributed by atoms with Crippen LogP contribution in [0.2, 0.25) is 0 Å². The second kappa shape index (κ2) is 6.81. The van der Waals surface area contributed by atoms with E-state index in [0.717, 1.165) is 0 Å². The molecule has 84 valence electrons. The second-order valence-electron chi connectivity index (χ2n) is 3.61. The minimum atomic E-state index is -0.374. The Morgan fingerprint density at radius 3 is 1.80 bits per heavy atom. The summed E-state index contributed by atoms with van der Waals surface area (Å²) in [5.41, 5.74) is 0. The van der Waals surface area contributed by atoms with Crippen LogP contribution in [-0.4, -0.2) is 18.0 Å². The van der Waals surface area contributed by atoms with E-state index in [2.05, 4.69) is 23.8 Å². The highest BCUT2D eigenvalue weighted by Crippen LogP contribution is 2.02. The summed E-state index contributed by atoms with van der Waals surface area (Å²) in [6.45, 7) is 10.7. The first-order valence-electron chi connectivity index (χ1n) is 4.85. The summed E-state index contributed by atoms with van der Waals surface area (Å²) in [7, 11) is 0. The Bertz CT molecular complexity index is 237. The number of carbonyl (C=O) groups is 2. The molecule has 0 aromatic carbocycles. The van der Waals surface area contributed by atoms with Crippen LogP contribution in [0.5, 0.6) is 0 Å². The van der Waals surface area contributed by atoms with Gasteiger partial charge in [-0.3, -0.25) is 9.59 Å². The highest BCUT2D eigenvalue weighted by molar-refractivity contribution is 5.89. The number of carbonyl (C=O) groups excluding carboxylic acids is 2. The molecule has 0 aliphatic carbocycles. The minimum absolute atomic E-state index is 0.301. The predicted octanol–water partition coefficient (Wildman–Crippen LogP) is 0.963. The van der Waals surface area contributed by atoms with Crippen molar-refractivity contribution in [3.05, 3.63) is 25.3 Å². The number of hydrogen-bond donors (Lipinski definition) is 2. The van der Waals surface area contributed by atoms with Gasteiger partial charge in [-0.15, -0.1) is 0 Å². The summed E-state index contributed by atoms with van der Waals surface area (Å²) in [6, 6.07) is 0. The lowest BCUT2D eigenvalue weighted by Crippen LogP contribution is -2.47. The summed E-state index contributed by atoms with van der Waals surface area (Å²) < 4.78 is 0. The van der Waals surface area contributed by atoms with Crippen LogP contribution in [0.3, 0.4) is 0 Å². The molecule has 0 atom stereocenters. The van der Waals surface area contributed by atoms with Crippen LogP contribution < -0.4 is 10.6 Å². The molecule has 0 rings (SSSR count). The van der Waals surface area contributed by atoms with E-state index in [-0.39, 0.29) is 18.0 Å². The van der Waals surface area contributed by atoms with E-state index in [1.807, 2.05) is 13.8 Å². The maximum absolute atomic E-state index is 11.1. The molecule has 0 unspecified atom stereocenters. The fourth-order valence-corrected chi connectivity index (χ4v) is 1.09. The normalized spacial score (nSPS) is 9.87. The number of hydrogen-bond acceptors (Lipinski definition) is 2. The largest absolute Gasteiger partial charge is 0.332 e. The number of nitrogens with one attached hydrogen (secondary N) is 2. The predicted molar refractivity (Wildman–Crippen MR) is 59.9 cm³/mol. The van der Waals surface area contributed by atoms with E-state index >= 15 is 0 Å². The Labute approximate surface area is 90.4 Å². The van der Waals surface area contributed by atoms with Gasteiger partial charge in [0.15, 0.2) is 0 Å². The van der Waals surface area contributed by atoms with Gasteiger partial charge in [0.05, 0.1) is 0 Å². The van der Waals surface area contributed by atoms with Crippen molar-refractivity contribution < 1.29 is 9.59 Å². The molecule has 0 saturated carbocycles. The molecule has 0 fully saturated rings. The first kappa shape index (κ1) is 13.4. The molecule has 0 aromatic rings. The molecule has 0 heterocycles. The quantitative estimate of drug-likeness (QED) is 0.507. The van der Waals surface area contributed by atoms with Gasteiger partial charge in [-0.2, -0.15) is 0 Å². The third-order valence-corrected chi connectivity index (χ3v) is 1.71. The van der Waals surface area contributed by atoms with E-state index in [1.54, 1.807) is 0 Å². The average Bonchev–Trinajstić information content (AvgIpc) is 2.16. The molecule has 0 aromatic heterocycles. The summed E-state index contributed by atoms with van der Waals surface area (Å²) in [5.74, 6) is -0.236. The lowest BCUT2D eigenvalue weighted by molar-refractivity contribution is -0.119. The molecular weight excluding hydrogens is 192 g/mol. The molecule has 2 N–H and O–H groups in total. The van der Waals surface area contributed by atoms with Crippen molar-refractivity contribution in [1.29, 1.82) is 0 Å². The Balaban J connectivity index is 4.29. The van der Waals surface area contributed by atoms with Gasteiger partial charge in [0, 0.05) is 0 Å². The zero-order valence-electron chi connectivity index (χ0n) is 9.25. The smallest absolute Gasteiger partial charge is 0.244 e. The molecule has 0 spiro atoms. The van der Waals surface area contributed by atoms with Gasteiger partial charge >= 0.3 is 0 Å². The topological polar surface area (TPSA) is 58.2 Å². The maximum atomic E-state index is 11.1. The van der Waals surface area contributed by atoms with Crippen molar-refractivity contribution in [3.63, 3.8) is 0 Å². The Morgan fingerprint density at radius 2 is 1.53 bits per heavy atom. The van der Waals surface area contributed by atoms with Crippen LogP contribution in [-0.2, 0) is 9.59 Å². The Hall–Kier alpha value is -1.58. The SMILES string of the molecule is C=CC(=O)NC(CC(C)C)NC(=O)C=C. The summed E-state index contributed by atoms with van der Waals surface area (Å²) in [5, 5.41) is 5.25. The van der Waals surface area contributed by atoms with Crippen molar-refractivity contribution in [2.75, 3.05) is 0 Å². The minimum Gasteiger partial charge on any atom is -0.332 e. The molecule has 4 nitrogen and oxygen atoms in total. The highest BCUT2D eigenvalue weighted by Gasteiger charge is 2.13. The van der Waals surface area contributed by atoms with Gasteiger partial charge < -0.3 is 10.6 Å². The zero-order chi connectivity index (χ0) is 11.8. The molecular formula is C11H18N2O2. The molecule has 4 heteroatoms. The van der Waals surface area contributed by atoms with Crippen LogP contribution in [0.1, 0.15) is 20.3 Å². The van der Waals surface area contributed by atoms with Crippen molar-refractivity contribution in [3.8, 4) is 0 Å². The molecule has 2 amide bonds. The highest BCUT2D eigenvalue weighted by atomic mass is 16.2. The summed E-state index contributed by atoms with van der Waals surface area (Å²) >= 11 is 0. The van der Waals surface area contributed by atoms with E-state index in [4.69, 9.17) is 0 Å². The maximum Gasteiger partial charge on any atom is 0.244 e. The fourth-order valence-electron chi connectivity index (χ4n) is 1.09.